The zero-order chi connectivity index (χ0) is 19.2. The van der Waals surface area contributed by atoms with Gasteiger partial charge in [-0.1, -0.05) is 12.1 Å². The lowest BCUT2D eigenvalue weighted by atomic mass is 10.1. The molecule has 6 nitrogen and oxygen atoms in total. The summed E-state index contributed by atoms with van der Waals surface area (Å²) < 4.78 is 39.8. The number of aliphatic hydroxyl groups is 1. The second-order valence-corrected chi connectivity index (χ2v) is 7.31. The first-order chi connectivity index (χ1) is 12.4. The standard InChI is InChI=1S/C18H21FN2O4S/c1-2-21(11-12-22)18(23)13-14-3-7-16(8-4-14)20-26(24,25)17-9-5-15(19)6-10-17/h3-10,20,22H,2,11-13H2,1H3. The van der Waals surface area contributed by atoms with Crippen LogP contribution in [0.1, 0.15) is 12.5 Å². The largest absolute Gasteiger partial charge is 0.395 e. The van der Waals surface area contributed by atoms with E-state index in [2.05, 4.69) is 4.72 Å². The van der Waals surface area contributed by atoms with E-state index in [1.807, 2.05) is 6.92 Å². The molecule has 2 aromatic rings. The van der Waals surface area contributed by atoms with Crippen molar-refractivity contribution in [3.8, 4) is 0 Å². The highest BCUT2D eigenvalue weighted by molar-refractivity contribution is 7.92. The third kappa shape index (κ3) is 5.27. The van der Waals surface area contributed by atoms with Crippen LogP contribution in [0.5, 0.6) is 0 Å². The van der Waals surface area contributed by atoms with Gasteiger partial charge in [-0.3, -0.25) is 9.52 Å². The molecule has 0 unspecified atom stereocenters. The molecule has 0 aliphatic heterocycles. The van der Waals surface area contributed by atoms with E-state index in [-0.39, 0.29) is 30.4 Å². The number of anilines is 1. The van der Waals surface area contributed by atoms with Gasteiger partial charge in [0.15, 0.2) is 0 Å². The fraction of sp³-hybridized carbons (Fsp3) is 0.278. The number of rotatable bonds is 8. The Hall–Kier alpha value is -2.45. The van der Waals surface area contributed by atoms with Crippen molar-refractivity contribution in [2.45, 2.75) is 18.2 Å². The van der Waals surface area contributed by atoms with E-state index >= 15 is 0 Å². The summed E-state index contributed by atoms with van der Waals surface area (Å²) >= 11 is 0. The maximum Gasteiger partial charge on any atom is 0.261 e. The molecule has 0 aliphatic rings. The number of halogens is 1. The van der Waals surface area contributed by atoms with Crippen LogP contribution in [0, 0.1) is 5.82 Å². The quantitative estimate of drug-likeness (QED) is 0.733. The van der Waals surface area contributed by atoms with Crippen LogP contribution in [-0.2, 0) is 21.2 Å². The molecule has 0 heterocycles. The minimum Gasteiger partial charge on any atom is -0.395 e. The summed E-state index contributed by atoms with van der Waals surface area (Å²) in [6.07, 6.45) is 0.166. The topological polar surface area (TPSA) is 86.7 Å². The average molecular weight is 380 g/mol. The lowest BCUT2D eigenvalue weighted by molar-refractivity contribution is -0.130. The third-order valence-corrected chi connectivity index (χ3v) is 5.19. The number of benzene rings is 2. The van der Waals surface area contributed by atoms with Gasteiger partial charge in [0.05, 0.1) is 17.9 Å². The number of carbonyl (C=O) groups excluding carboxylic acids is 1. The normalized spacial score (nSPS) is 11.2. The predicted molar refractivity (Wildman–Crippen MR) is 96.7 cm³/mol. The van der Waals surface area contributed by atoms with Gasteiger partial charge in [-0.25, -0.2) is 12.8 Å². The summed E-state index contributed by atoms with van der Waals surface area (Å²) in [4.78, 5) is 13.6. The number of nitrogens with zero attached hydrogens (tertiary/aromatic N) is 1. The Morgan fingerprint density at radius 1 is 1.12 bits per heavy atom. The highest BCUT2D eigenvalue weighted by Gasteiger charge is 2.15. The number of sulfonamides is 1. The predicted octanol–water partition coefficient (Wildman–Crippen LogP) is 2.01. The van der Waals surface area contributed by atoms with Crippen LogP contribution >= 0.6 is 0 Å². The van der Waals surface area contributed by atoms with E-state index in [4.69, 9.17) is 5.11 Å². The van der Waals surface area contributed by atoms with Crippen molar-refractivity contribution in [2.24, 2.45) is 0 Å². The van der Waals surface area contributed by atoms with Crippen LogP contribution in [0.25, 0.3) is 0 Å². The molecular weight excluding hydrogens is 359 g/mol. The van der Waals surface area contributed by atoms with Crippen molar-refractivity contribution in [1.29, 1.82) is 0 Å². The molecule has 1 amide bonds. The van der Waals surface area contributed by atoms with Crippen LogP contribution < -0.4 is 4.72 Å². The first kappa shape index (κ1) is 19.9. The Kier molecular flexibility index (Phi) is 6.70. The maximum absolute atomic E-state index is 12.9. The molecule has 0 atom stereocenters. The van der Waals surface area contributed by atoms with Crippen LogP contribution in [0.2, 0.25) is 0 Å². The molecule has 0 fully saturated rings. The van der Waals surface area contributed by atoms with Crippen molar-refractivity contribution in [3.05, 3.63) is 59.9 Å². The summed E-state index contributed by atoms with van der Waals surface area (Å²) in [6, 6.07) is 11.0. The number of nitrogens with one attached hydrogen (secondary N) is 1. The van der Waals surface area contributed by atoms with Crippen molar-refractivity contribution >= 4 is 21.6 Å². The van der Waals surface area contributed by atoms with Crippen LogP contribution in [0.3, 0.4) is 0 Å². The Bertz CT molecular complexity index is 836. The number of hydrogen-bond donors (Lipinski definition) is 2. The molecule has 26 heavy (non-hydrogen) atoms. The smallest absolute Gasteiger partial charge is 0.261 e. The van der Waals surface area contributed by atoms with Crippen LogP contribution in [-0.4, -0.2) is 44.0 Å². The van der Waals surface area contributed by atoms with Gasteiger partial charge in [-0.05, 0) is 48.9 Å². The summed E-state index contributed by atoms with van der Waals surface area (Å²) in [5.41, 5.74) is 1.07. The molecule has 0 spiro atoms. The Labute approximate surface area is 152 Å². The fourth-order valence-corrected chi connectivity index (χ4v) is 3.44. The van der Waals surface area contributed by atoms with Gasteiger partial charge < -0.3 is 10.0 Å². The molecule has 0 saturated heterocycles. The fourth-order valence-electron chi connectivity index (χ4n) is 2.38. The van der Waals surface area contributed by atoms with Gasteiger partial charge in [0.2, 0.25) is 5.91 Å². The van der Waals surface area contributed by atoms with Crippen LogP contribution in [0.4, 0.5) is 10.1 Å². The molecule has 2 N–H and O–H groups in total. The number of aliphatic hydroxyl groups excluding tert-OH is 1. The SMILES string of the molecule is CCN(CCO)C(=O)Cc1ccc(NS(=O)(=O)c2ccc(F)cc2)cc1. The molecule has 0 radical (unpaired) electrons. The molecule has 140 valence electrons. The maximum atomic E-state index is 12.9. The average Bonchev–Trinajstić information content (AvgIpc) is 2.61. The van der Waals surface area contributed by atoms with E-state index in [9.17, 15) is 17.6 Å². The van der Waals surface area contributed by atoms with Crippen molar-refractivity contribution < 1.29 is 22.7 Å². The Morgan fingerprint density at radius 3 is 2.27 bits per heavy atom. The molecular formula is C18H21FN2O4S. The van der Waals surface area contributed by atoms with Crippen molar-refractivity contribution in [1.82, 2.24) is 4.90 Å². The molecule has 8 heteroatoms. The van der Waals surface area contributed by atoms with Gasteiger partial charge in [0, 0.05) is 18.8 Å². The second kappa shape index (κ2) is 8.77. The van der Waals surface area contributed by atoms with Gasteiger partial charge in [0.1, 0.15) is 5.82 Å². The number of likely N-dealkylation sites (N-methyl/N-ethyl adjacent to an activating group) is 1. The van der Waals surface area contributed by atoms with E-state index < -0.39 is 15.8 Å². The summed E-state index contributed by atoms with van der Waals surface area (Å²) in [6.45, 7) is 2.53. The molecule has 0 saturated carbocycles. The van der Waals surface area contributed by atoms with Gasteiger partial charge in [0.25, 0.3) is 10.0 Å². The first-order valence-corrected chi connectivity index (χ1v) is 9.60. The Morgan fingerprint density at radius 2 is 1.73 bits per heavy atom. The Balaban J connectivity index is 2.05. The first-order valence-electron chi connectivity index (χ1n) is 8.11. The summed E-state index contributed by atoms with van der Waals surface area (Å²) in [5, 5.41) is 8.96. The lowest BCUT2D eigenvalue weighted by Gasteiger charge is -2.19. The van der Waals surface area contributed by atoms with E-state index in [0.29, 0.717) is 12.2 Å². The molecule has 2 aromatic carbocycles. The highest BCUT2D eigenvalue weighted by atomic mass is 32.2. The van der Waals surface area contributed by atoms with E-state index in [1.54, 1.807) is 29.2 Å². The van der Waals surface area contributed by atoms with Gasteiger partial charge >= 0.3 is 0 Å². The van der Waals surface area contributed by atoms with Crippen molar-refractivity contribution in [3.63, 3.8) is 0 Å². The zero-order valence-electron chi connectivity index (χ0n) is 14.4. The minimum absolute atomic E-state index is 0.0410. The zero-order valence-corrected chi connectivity index (χ0v) is 15.2. The number of amides is 1. The summed E-state index contributed by atoms with van der Waals surface area (Å²) in [7, 11) is -3.81. The highest BCUT2D eigenvalue weighted by Crippen LogP contribution is 2.17. The minimum atomic E-state index is -3.81. The van der Waals surface area contributed by atoms with Crippen LogP contribution in [0.15, 0.2) is 53.4 Å². The monoisotopic (exact) mass is 380 g/mol. The third-order valence-electron chi connectivity index (χ3n) is 3.79. The number of carbonyl (C=O) groups is 1. The molecule has 0 aliphatic carbocycles. The summed E-state index contributed by atoms with van der Waals surface area (Å²) in [5.74, 6) is -0.624. The van der Waals surface area contributed by atoms with E-state index in [0.717, 1.165) is 17.7 Å². The van der Waals surface area contributed by atoms with Gasteiger partial charge in [-0.2, -0.15) is 0 Å². The molecule has 0 aromatic heterocycles. The molecule has 0 bridgehead atoms. The van der Waals surface area contributed by atoms with Gasteiger partial charge in [-0.15, -0.1) is 0 Å². The lowest BCUT2D eigenvalue weighted by Crippen LogP contribution is -2.34. The molecule has 2 rings (SSSR count). The number of hydrogen-bond acceptors (Lipinski definition) is 4. The van der Waals surface area contributed by atoms with E-state index in [1.165, 1.54) is 12.1 Å². The second-order valence-electron chi connectivity index (χ2n) is 5.63. The van der Waals surface area contributed by atoms with Crippen molar-refractivity contribution in [2.75, 3.05) is 24.4 Å².